The number of rotatable bonds is 4. The SMILES string of the molecule is [2H]c1c([2H])c(-c2c3c([2H])c([2H])c([2H])c([2H])c3c(-c3ccc4cc(-c5ccc6c(c5)oc5ccc7oc8ccccc8c7c56)ccc4c3)c3c([2H])c([2H])c([2H])c([2H])c23)c([2H])c([2H])c1-c1c([2H])c([2H])c([2H])c2c([2H])c([2H])c([2H])c([2H])c12. The van der Waals surface area contributed by atoms with Crippen molar-refractivity contribution < 1.29 is 34.9 Å². The van der Waals surface area contributed by atoms with Gasteiger partial charge in [0, 0.05) is 21.5 Å². The van der Waals surface area contributed by atoms with Crippen molar-refractivity contribution in [2.24, 2.45) is 0 Å². The van der Waals surface area contributed by atoms with E-state index in [0.717, 1.165) is 49.2 Å². The highest BCUT2D eigenvalue weighted by Crippen LogP contribution is 2.45. The van der Waals surface area contributed by atoms with Gasteiger partial charge in [-0.1, -0.05) is 163 Å². The van der Waals surface area contributed by atoms with Crippen molar-refractivity contribution in [2.75, 3.05) is 0 Å². The fourth-order valence-corrected chi connectivity index (χ4v) is 8.57. The molecule has 0 saturated carbocycles. The second-order valence-corrected chi connectivity index (χ2v) is 14.5. The van der Waals surface area contributed by atoms with Crippen LogP contribution in [0.4, 0.5) is 0 Å². The van der Waals surface area contributed by atoms with Gasteiger partial charge < -0.3 is 8.83 Å². The van der Waals surface area contributed by atoms with Gasteiger partial charge in [-0.05, 0) is 130 Å². The van der Waals surface area contributed by atoms with Crippen LogP contribution >= 0.6 is 0 Å². The summed E-state index contributed by atoms with van der Waals surface area (Å²) in [5, 5.41) is 2.88. The molecule has 2 heterocycles. The maximum Gasteiger partial charge on any atom is 0.136 e. The molecule has 278 valence electrons. The fourth-order valence-electron chi connectivity index (χ4n) is 8.57. The second kappa shape index (κ2) is 12.8. The molecule has 2 aromatic heterocycles. The number of hydrogen-bond acceptors (Lipinski definition) is 2. The average molecular weight is 782 g/mol. The lowest BCUT2D eigenvalue weighted by atomic mass is 9.85. The summed E-state index contributed by atoms with van der Waals surface area (Å²) in [6.45, 7) is 0. The topological polar surface area (TPSA) is 26.3 Å². The summed E-state index contributed by atoms with van der Waals surface area (Å²) in [6.07, 6.45) is 0. The highest BCUT2D eigenvalue weighted by molar-refractivity contribution is 6.26. The van der Waals surface area contributed by atoms with Crippen LogP contribution in [0, 0.1) is 0 Å². The molecule has 0 spiro atoms. The van der Waals surface area contributed by atoms with Crippen molar-refractivity contribution in [1.82, 2.24) is 0 Å². The van der Waals surface area contributed by atoms with Gasteiger partial charge in [0.05, 0.1) is 26.0 Å². The Labute approximate surface area is 371 Å². The molecule has 0 aliphatic heterocycles. The van der Waals surface area contributed by atoms with Crippen LogP contribution in [0.2, 0.25) is 0 Å². The molecule has 0 aliphatic carbocycles. The van der Waals surface area contributed by atoms with E-state index in [1.165, 1.54) is 0 Å². The van der Waals surface area contributed by atoms with E-state index < -0.39 is 159 Å². The van der Waals surface area contributed by atoms with Crippen molar-refractivity contribution in [3.05, 3.63) is 206 Å². The molecule has 0 aliphatic rings. The van der Waals surface area contributed by atoms with Crippen molar-refractivity contribution in [3.8, 4) is 44.5 Å². The first-order chi connectivity index (χ1) is 37.6. The van der Waals surface area contributed by atoms with Gasteiger partial charge in [-0.2, -0.15) is 0 Å². The minimum absolute atomic E-state index is 0.0293. The summed E-state index contributed by atoms with van der Waals surface area (Å²) in [5.74, 6) is 0. The van der Waals surface area contributed by atoms with Crippen LogP contribution < -0.4 is 0 Å². The summed E-state index contributed by atoms with van der Waals surface area (Å²) < 4.78 is 185. The summed E-state index contributed by atoms with van der Waals surface area (Å²) in [7, 11) is 0. The van der Waals surface area contributed by atoms with Gasteiger partial charge in [-0.15, -0.1) is 0 Å². The number of para-hydroxylation sites is 1. The molecular weight excluding hydrogens is 729 g/mol. The molecule has 0 bridgehead atoms. The first-order valence-electron chi connectivity index (χ1n) is 28.5. The zero-order chi connectivity index (χ0) is 55.8. The van der Waals surface area contributed by atoms with Crippen LogP contribution in [-0.4, -0.2) is 0 Å². The summed E-state index contributed by atoms with van der Waals surface area (Å²) in [6, 6.07) is 13.7. The van der Waals surface area contributed by atoms with E-state index in [9.17, 15) is 11.0 Å². The molecule has 0 N–H and O–H groups in total. The van der Waals surface area contributed by atoms with Crippen LogP contribution in [-0.2, 0) is 0 Å². The molecule has 13 rings (SSSR count). The van der Waals surface area contributed by atoms with E-state index in [1.807, 2.05) is 72.8 Å². The number of benzene rings is 11. The van der Waals surface area contributed by atoms with Gasteiger partial charge in [0.1, 0.15) is 22.3 Å². The van der Waals surface area contributed by atoms with Crippen LogP contribution in [0.25, 0.3) is 131 Å². The van der Waals surface area contributed by atoms with Gasteiger partial charge in [-0.25, -0.2) is 0 Å². The highest BCUT2D eigenvalue weighted by Gasteiger charge is 2.19. The van der Waals surface area contributed by atoms with Crippen molar-refractivity contribution in [1.29, 1.82) is 0 Å². The van der Waals surface area contributed by atoms with E-state index in [2.05, 4.69) is 0 Å². The van der Waals surface area contributed by atoms with Crippen molar-refractivity contribution in [2.45, 2.75) is 0 Å². The minimum Gasteiger partial charge on any atom is -0.456 e. The fraction of sp³-hybridized carbons (Fsp3) is 0. The summed E-state index contributed by atoms with van der Waals surface area (Å²) in [5.41, 5.74) is 2.41. The molecule has 0 fully saturated rings. The lowest BCUT2D eigenvalue weighted by Crippen LogP contribution is -1.91. The Morgan fingerprint density at radius 2 is 0.817 bits per heavy atom. The third kappa shape index (κ3) is 4.95. The molecule has 60 heavy (non-hydrogen) atoms. The van der Waals surface area contributed by atoms with Crippen LogP contribution in [0.5, 0.6) is 0 Å². The Morgan fingerprint density at radius 1 is 0.300 bits per heavy atom. The average Bonchev–Trinajstić information content (AvgIpc) is 4.16. The Bertz CT molecular complexity index is 4900. The van der Waals surface area contributed by atoms with Crippen molar-refractivity contribution >= 4 is 87.0 Å². The normalized spacial score (nSPS) is 16.4. The molecule has 0 saturated heterocycles. The predicted octanol–water partition coefficient (Wildman–Crippen LogP) is 16.8. The molecule has 2 nitrogen and oxygen atoms in total. The smallest absolute Gasteiger partial charge is 0.136 e. The molecule has 2 heteroatoms. The predicted molar refractivity (Wildman–Crippen MR) is 253 cm³/mol. The lowest BCUT2D eigenvalue weighted by molar-refractivity contribution is 0.663. The highest BCUT2D eigenvalue weighted by atomic mass is 16.3. The number of fused-ring (bicyclic) bond motifs is 11. The third-order valence-electron chi connectivity index (χ3n) is 11.3. The molecule has 0 radical (unpaired) electrons. The van der Waals surface area contributed by atoms with Gasteiger partial charge >= 0.3 is 0 Å². The van der Waals surface area contributed by atoms with Gasteiger partial charge in [0.25, 0.3) is 0 Å². The number of hydrogen-bond donors (Lipinski definition) is 0. The Kier molecular flexibility index (Phi) is 4.19. The largest absolute Gasteiger partial charge is 0.456 e. The second-order valence-electron chi connectivity index (χ2n) is 14.5. The molecule has 0 unspecified atom stereocenters. The van der Waals surface area contributed by atoms with Crippen LogP contribution in [0.1, 0.15) is 26.0 Å². The Balaban J connectivity index is 1.05. The Hall–Kier alpha value is -7.94. The summed E-state index contributed by atoms with van der Waals surface area (Å²) >= 11 is 0. The Morgan fingerprint density at radius 3 is 1.53 bits per heavy atom. The standard InChI is InChI=1S/C58H34O2/c1-2-12-43-35(10-1)11-9-18-44(43)36-20-22-37(23-21-36)55-45-13-3-5-15-47(45)56(48-16-6-4-14-46(48)55)42-27-26-38-32-39(24-25-40(38)33-42)41-28-29-50-54(34-41)60-53-31-30-52-57(58(50)53)49-17-7-8-19-51(49)59-52/h1-34H/i1D,2D,3D,4D,5D,6D,9D,10D,11D,12D,13D,14D,15D,16D,18D,20D,21D,22D,23D. The van der Waals surface area contributed by atoms with E-state index >= 15 is 0 Å². The minimum atomic E-state index is -0.918. The molecule has 0 atom stereocenters. The van der Waals surface area contributed by atoms with E-state index in [0.29, 0.717) is 16.6 Å². The van der Waals surface area contributed by atoms with Crippen LogP contribution in [0.3, 0.4) is 0 Å². The number of furan rings is 2. The monoisotopic (exact) mass is 781 g/mol. The van der Waals surface area contributed by atoms with E-state index in [-0.39, 0.29) is 21.9 Å². The van der Waals surface area contributed by atoms with Gasteiger partial charge in [0.15, 0.2) is 0 Å². The zero-order valence-corrected chi connectivity index (χ0v) is 31.0. The van der Waals surface area contributed by atoms with Crippen LogP contribution in [0.15, 0.2) is 215 Å². The van der Waals surface area contributed by atoms with E-state index in [1.54, 1.807) is 18.2 Å². The first-order valence-corrected chi connectivity index (χ1v) is 19.0. The van der Waals surface area contributed by atoms with Crippen molar-refractivity contribution in [3.63, 3.8) is 0 Å². The lowest BCUT2D eigenvalue weighted by Gasteiger charge is -2.18. The maximum absolute atomic E-state index is 9.62. The zero-order valence-electron chi connectivity index (χ0n) is 50.0. The molecule has 13 aromatic rings. The summed E-state index contributed by atoms with van der Waals surface area (Å²) in [4.78, 5) is 0. The molecule has 0 amide bonds. The van der Waals surface area contributed by atoms with Gasteiger partial charge in [0.2, 0.25) is 0 Å². The third-order valence-corrected chi connectivity index (χ3v) is 11.3. The van der Waals surface area contributed by atoms with Gasteiger partial charge in [-0.3, -0.25) is 0 Å². The first kappa shape index (κ1) is 19.7. The molecular formula is C58H34O2. The van der Waals surface area contributed by atoms with E-state index in [4.69, 9.17) is 23.9 Å². The molecule has 11 aromatic carbocycles. The maximum atomic E-state index is 9.62. The quantitative estimate of drug-likeness (QED) is 0.166.